The normalized spacial score (nSPS) is 9.86. The van der Waals surface area contributed by atoms with Crippen LogP contribution in [0.2, 0.25) is 0 Å². The third-order valence-corrected chi connectivity index (χ3v) is 2.15. The Morgan fingerprint density at radius 2 is 2.07 bits per heavy atom. The van der Waals surface area contributed by atoms with Gasteiger partial charge in [-0.2, -0.15) is 0 Å². The molecule has 0 aliphatic carbocycles. The SMILES string of the molecule is C#CCN(C)Cc1ccc(NS)cc1. The van der Waals surface area contributed by atoms with Crippen molar-refractivity contribution in [3.05, 3.63) is 29.8 Å². The van der Waals surface area contributed by atoms with Gasteiger partial charge in [-0.05, 0) is 24.7 Å². The van der Waals surface area contributed by atoms with E-state index in [2.05, 4.69) is 40.5 Å². The van der Waals surface area contributed by atoms with Gasteiger partial charge in [0.25, 0.3) is 0 Å². The summed E-state index contributed by atoms with van der Waals surface area (Å²) < 4.78 is 2.78. The van der Waals surface area contributed by atoms with E-state index >= 15 is 0 Å². The summed E-state index contributed by atoms with van der Waals surface area (Å²) in [6.45, 7) is 1.55. The predicted molar refractivity (Wildman–Crippen MR) is 64.2 cm³/mol. The van der Waals surface area contributed by atoms with Gasteiger partial charge in [-0.3, -0.25) is 4.90 Å². The van der Waals surface area contributed by atoms with Crippen LogP contribution in [-0.2, 0) is 6.54 Å². The second-order valence-corrected chi connectivity index (χ2v) is 3.41. The molecule has 1 aromatic rings. The van der Waals surface area contributed by atoms with Crippen molar-refractivity contribution in [2.75, 3.05) is 18.3 Å². The van der Waals surface area contributed by atoms with Gasteiger partial charge in [-0.15, -0.1) is 6.42 Å². The Labute approximate surface area is 90.9 Å². The smallest absolute Gasteiger partial charge is 0.0599 e. The highest BCUT2D eigenvalue weighted by molar-refractivity contribution is 7.81. The van der Waals surface area contributed by atoms with Gasteiger partial charge < -0.3 is 4.72 Å². The summed E-state index contributed by atoms with van der Waals surface area (Å²) in [5.41, 5.74) is 2.24. The average Bonchev–Trinajstić information content (AvgIpc) is 2.19. The van der Waals surface area contributed by atoms with Crippen LogP contribution in [0.5, 0.6) is 0 Å². The maximum Gasteiger partial charge on any atom is 0.0599 e. The number of hydrogen-bond acceptors (Lipinski definition) is 3. The van der Waals surface area contributed by atoms with Crippen LogP contribution in [0, 0.1) is 12.3 Å². The Bertz CT molecular complexity index is 313. The van der Waals surface area contributed by atoms with Crippen LogP contribution in [0.25, 0.3) is 0 Å². The van der Waals surface area contributed by atoms with Gasteiger partial charge in [0.15, 0.2) is 0 Å². The largest absolute Gasteiger partial charge is 0.332 e. The molecule has 0 heterocycles. The molecule has 0 aliphatic heterocycles. The molecule has 1 rings (SSSR count). The van der Waals surface area contributed by atoms with Crippen LogP contribution in [-0.4, -0.2) is 18.5 Å². The number of rotatable bonds is 4. The average molecular weight is 206 g/mol. The summed E-state index contributed by atoms with van der Waals surface area (Å²) in [6, 6.07) is 8.11. The number of nitrogens with one attached hydrogen (secondary N) is 1. The molecule has 0 atom stereocenters. The third kappa shape index (κ3) is 3.33. The molecule has 0 unspecified atom stereocenters. The van der Waals surface area contributed by atoms with Crippen LogP contribution >= 0.6 is 12.8 Å². The van der Waals surface area contributed by atoms with Crippen molar-refractivity contribution in [1.82, 2.24) is 4.90 Å². The number of hydrogen-bond donors (Lipinski definition) is 2. The van der Waals surface area contributed by atoms with E-state index in [0.29, 0.717) is 6.54 Å². The lowest BCUT2D eigenvalue weighted by atomic mass is 10.2. The van der Waals surface area contributed by atoms with Crippen LogP contribution in [0.15, 0.2) is 24.3 Å². The minimum Gasteiger partial charge on any atom is -0.332 e. The molecule has 1 N–H and O–H groups in total. The minimum absolute atomic E-state index is 0.673. The summed E-state index contributed by atoms with van der Waals surface area (Å²) in [6.07, 6.45) is 5.22. The van der Waals surface area contributed by atoms with Gasteiger partial charge in [0.1, 0.15) is 0 Å². The van der Waals surface area contributed by atoms with Crippen LogP contribution in [0.1, 0.15) is 5.56 Å². The van der Waals surface area contributed by atoms with E-state index in [4.69, 9.17) is 6.42 Å². The number of thiol groups is 1. The van der Waals surface area contributed by atoms with Gasteiger partial charge in [-0.1, -0.05) is 30.9 Å². The zero-order valence-corrected chi connectivity index (χ0v) is 9.09. The van der Waals surface area contributed by atoms with Gasteiger partial charge in [0.05, 0.1) is 6.54 Å². The first-order chi connectivity index (χ1) is 6.76. The second kappa shape index (κ2) is 5.58. The lowest BCUT2D eigenvalue weighted by Gasteiger charge is -2.13. The van der Waals surface area contributed by atoms with Crippen molar-refractivity contribution < 1.29 is 0 Å². The Balaban J connectivity index is 2.56. The quantitative estimate of drug-likeness (QED) is 0.579. The van der Waals surface area contributed by atoms with E-state index in [1.165, 1.54) is 5.56 Å². The van der Waals surface area contributed by atoms with E-state index in [1.807, 2.05) is 19.2 Å². The third-order valence-electron chi connectivity index (χ3n) is 1.90. The molecule has 0 saturated carbocycles. The lowest BCUT2D eigenvalue weighted by Crippen LogP contribution is -2.17. The predicted octanol–water partition coefficient (Wildman–Crippen LogP) is 2.01. The highest BCUT2D eigenvalue weighted by atomic mass is 32.1. The lowest BCUT2D eigenvalue weighted by molar-refractivity contribution is 0.369. The number of terminal acetylenes is 1. The van der Waals surface area contributed by atoms with Gasteiger partial charge in [0, 0.05) is 12.2 Å². The van der Waals surface area contributed by atoms with E-state index in [-0.39, 0.29) is 0 Å². The van der Waals surface area contributed by atoms with Crippen molar-refractivity contribution in [1.29, 1.82) is 0 Å². The number of nitrogens with zero attached hydrogens (tertiary/aromatic N) is 1. The molecule has 0 aromatic heterocycles. The summed E-state index contributed by atoms with van der Waals surface area (Å²) in [5, 5.41) is 0. The molecule has 1 aromatic carbocycles. The highest BCUT2D eigenvalue weighted by Gasteiger charge is 1.97. The zero-order valence-electron chi connectivity index (χ0n) is 8.20. The summed E-state index contributed by atoms with van der Waals surface area (Å²) in [5.74, 6) is 2.61. The van der Waals surface area contributed by atoms with Crippen LogP contribution < -0.4 is 4.72 Å². The second-order valence-electron chi connectivity index (χ2n) is 3.19. The summed E-state index contributed by atoms with van der Waals surface area (Å²) in [4.78, 5) is 2.09. The molecule has 0 bridgehead atoms. The molecule has 2 nitrogen and oxygen atoms in total. The van der Waals surface area contributed by atoms with Crippen molar-refractivity contribution in [3.8, 4) is 12.3 Å². The molecule has 0 fully saturated rings. The van der Waals surface area contributed by atoms with Crippen LogP contribution in [0.4, 0.5) is 5.69 Å². The Hall–Kier alpha value is -1.11. The van der Waals surface area contributed by atoms with E-state index in [1.54, 1.807) is 0 Å². The van der Waals surface area contributed by atoms with E-state index in [9.17, 15) is 0 Å². The zero-order chi connectivity index (χ0) is 10.4. The minimum atomic E-state index is 0.673. The van der Waals surface area contributed by atoms with Crippen molar-refractivity contribution in [2.45, 2.75) is 6.54 Å². The molecular weight excluding hydrogens is 192 g/mol. The first-order valence-electron chi connectivity index (χ1n) is 4.37. The molecule has 0 amide bonds. The standard InChI is InChI=1S/C11H14N2S/c1-3-8-13(2)9-10-4-6-11(12-14)7-5-10/h1,4-7,12,14H,8-9H2,2H3. The van der Waals surface area contributed by atoms with Gasteiger partial charge >= 0.3 is 0 Å². The molecule has 0 aliphatic rings. The summed E-state index contributed by atoms with van der Waals surface area (Å²) in [7, 11) is 2.00. The van der Waals surface area contributed by atoms with Crippen LogP contribution in [0.3, 0.4) is 0 Å². The first-order valence-corrected chi connectivity index (χ1v) is 4.82. The molecular formula is C11H14N2S. The molecule has 3 heteroatoms. The molecule has 0 spiro atoms. The van der Waals surface area contributed by atoms with Crippen molar-refractivity contribution >= 4 is 18.5 Å². The molecule has 0 radical (unpaired) electrons. The maximum atomic E-state index is 5.22. The molecule has 74 valence electrons. The molecule has 0 saturated heterocycles. The van der Waals surface area contributed by atoms with Gasteiger partial charge in [-0.25, -0.2) is 0 Å². The topological polar surface area (TPSA) is 15.3 Å². The Kier molecular flexibility index (Phi) is 4.37. The Morgan fingerprint density at radius 3 is 2.57 bits per heavy atom. The fraction of sp³-hybridized carbons (Fsp3) is 0.273. The van der Waals surface area contributed by atoms with Crippen molar-refractivity contribution in [3.63, 3.8) is 0 Å². The Morgan fingerprint density at radius 1 is 1.43 bits per heavy atom. The first kappa shape index (κ1) is 11.0. The fourth-order valence-electron chi connectivity index (χ4n) is 1.21. The number of anilines is 1. The molecule has 14 heavy (non-hydrogen) atoms. The van der Waals surface area contributed by atoms with Crippen molar-refractivity contribution in [2.24, 2.45) is 0 Å². The number of benzene rings is 1. The van der Waals surface area contributed by atoms with E-state index < -0.39 is 0 Å². The van der Waals surface area contributed by atoms with Gasteiger partial charge in [0.2, 0.25) is 0 Å². The summed E-state index contributed by atoms with van der Waals surface area (Å²) >= 11 is 3.96. The fourth-order valence-corrected chi connectivity index (χ4v) is 1.36. The van der Waals surface area contributed by atoms with E-state index in [0.717, 1.165) is 12.2 Å². The maximum absolute atomic E-state index is 5.22. The highest BCUT2D eigenvalue weighted by Crippen LogP contribution is 2.11. The monoisotopic (exact) mass is 206 g/mol.